The molecule has 1 heterocycles. The number of aromatic nitrogens is 2. The van der Waals surface area contributed by atoms with Gasteiger partial charge < -0.3 is 15.2 Å². The minimum Gasteiger partial charge on any atom is -0.399 e. The first-order chi connectivity index (χ1) is 10.0. The first kappa shape index (κ1) is 15.1. The second-order valence-electron chi connectivity index (χ2n) is 5.03. The van der Waals surface area contributed by atoms with Gasteiger partial charge in [-0.15, -0.1) is 0 Å². The van der Waals surface area contributed by atoms with E-state index in [2.05, 4.69) is 4.98 Å². The molecule has 0 aliphatic rings. The summed E-state index contributed by atoms with van der Waals surface area (Å²) in [6.45, 7) is 7.63. The smallest absolute Gasteiger partial charge is 0.242 e. The fraction of sp³-hybridized carbons (Fsp3) is 0.375. The predicted molar refractivity (Wildman–Crippen MR) is 84.7 cm³/mol. The fourth-order valence-corrected chi connectivity index (χ4v) is 2.40. The first-order valence-corrected chi connectivity index (χ1v) is 7.22. The van der Waals surface area contributed by atoms with Gasteiger partial charge in [-0.05, 0) is 32.9 Å². The Kier molecular flexibility index (Phi) is 4.62. The quantitative estimate of drug-likeness (QED) is 0.858. The summed E-state index contributed by atoms with van der Waals surface area (Å²) in [4.78, 5) is 18.6. The monoisotopic (exact) mass is 286 g/mol. The van der Waals surface area contributed by atoms with Gasteiger partial charge in [0.25, 0.3) is 0 Å². The standard InChI is InChI=1S/C16H22N4O/c1-4-19(5-2)15(21)11-20-10-12(3)18-16(20)13-7-6-8-14(17)9-13/h6-10H,4-5,11,17H2,1-3H3. The van der Waals surface area contributed by atoms with E-state index >= 15 is 0 Å². The predicted octanol–water partition coefficient (Wildman–Crippen LogP) is 2.31. The number of rotatable bonds is 5. The van der Waals surface area contributed by atoms with E-state index in [4.69, 9.17) is 5.73 Å². The van der Waals surface area contributed by atoms with Gasteiger partial charge in [-0.1, -0.05) is 12.1 Å². The van der Waals surface area contributed by atoms with Crippen LogP contribution in [-0.4, -0.2) is 33.4 Å². The molecule has 0 aliphatic heterocycles. The molecule has 0 atom stereocenters. The molecule has 5 heteroatoms. The van der Waals surface area contributed by atoms with Crippen LogP contribution < -0.4 is 5.73 Å². The molecular weight excluding hydrogens is 264 g/mol. The normalized spacial score (nSPS) is 10.6. The lowest BCUT2D eigenvalue weighted by Crippen LogP contribution is -2.33. The van der Waals surface area contributed by atoms with Crippen LogP contribution in [0.5, 0.6) is 0 Å². The van der Waals surface area contributed by atoms with Crippen LogP contribution in [0, 0.1) is 6.92 Å². The first-order valence-electron chi connectivity index (χ1n) is 7.22. The summed E-state index contributed by atoms with van der Waals surface area (Å²) < 4.78 is 1.89. The molecule has 0 aliphatic carbocycles. The number of imidazole rings is 1. The summed E-state index contributed by atoms with van der Waals surface area (Å²) >= 11 is 0. The maximum atomic E-state index is 12.3. The van der Waals surface area contributed by atoms with E-state index in [0.717, 1.165) is 30.2 Å². The van der Waals surface area contributed by atoms with Gasteiger partial charge in [-0.25, -0.2) is 4.98 Å². The van der Waals surface area contributed by atoms with Gasteiger partial charge in [0, 0.05) is 30.5 Å². The zero-order valence-corrected chi connectivity index (χ0v) is 12.8. The minimum absolute atomic E-state index is 0.0996. The molecular formula is C16H22N4O. The van der Waals surface area contributed by atoms with E-state index in [1.165, 1.54) is 0 Å². The lowest BCUT2D eigenvalue weighted by atomic mass is 10.2. The third-order valence-electron chi connectivity index (χ3n) is 3.46. The number of nitrogens with zero attached hydrogens (tertiary/aromatic N) is 3. The Balaban J connectivity index is 2.31. The van der Waals surface area contributed by atoms with Crippen molar-refractivity contribution in [3.8, 4) is 11.4 Å². The zero-order chi connectivity index (χ0) is 15.4. The molecule has 2 aromatic rings. The van der Waals surface area contributed by atoms with E-state index < -0.39 is 0 Å². The van der Waals surface area contributed by atoms with E-state index in [1.54, 1.807) is 0 Å². The molecule has 21 heavy (non-hydrogen) atoms. The van der Waals surface area contributed by atoms with Crippen molar-refractivity contribution in [2.45, 2.75) is 27.3 Å². The number of anilines is 1. The van der Waals surface area contributed by atoms with Gasteiger partial charge >= 0.3 is 0 Å². The van der Waals surface area contributed by atoms with Gasteiger partial charge in [0.15, 0.2) is 0 Å². The van der Waals surface area contributed by atoms with Crippen LogP contribution >= 0.6 is 0 Å². The topological polar surface area (TPSA) is 64.2 Å². The number of nitrogen functional groups attached to an aromatic ring is 1. The van der Waals surface area contributed by atoms with Crippen molar-refractivity contribution in [1.29, 1.82) is 0 Å². The van der Waals surface area contributed by atoms with Crippen LogP contribution in [0.3, 0.4) is 0 Å². The summed E-state index contributed by atoms with van der Waals surface area (Å²) in [5.74, 6) is 0.878. The number of hydrogen-bond donors (Lipinski definition) is 1. The number of aryl methyl sites for hydroxylation is 1. The van der Waals surface area contributed by atoms with Gasteiger partial charge in [0.1, 0.15) is 12.4 Å². The number of carbonyl (C=O) groups excluding carboxylic acids is 1. The van der Waals surface area contributed by atoms with E-state index in [-0.39, 0.29) is 5.91 Å². The molecule has 0 saturated heterocycles. The van der Waals surface area contributed by atoms with E-state index in [1.807, 2.05) is 60.7 Å². The summed E-state index contributed by atoms with van der Waals surface area (Å²) in [5.41, 5.74) is 8.34. The van der Waals surface area contributed by atoms with Crippen molar-refractivity contribution >= 4 is 11.6 Å². The molecule has 0 bridgehead atoms. The number of carbonyl (C=O) groups is 1. The second-order valence-corrected chi connectivity index (χ2v) is 5.03. The Hall–Kier alpha value is -2.30. The van der Waals surface area contributed by atoms with Crippen molar-refractivity contribution in [2.75, 3.05) is 18.8 Å². The van der Waals surface area contributed by atoms with Crippen molar-refractivity contribution in [3.05, 3.63) is 36.2 Å². The Morgan fingerprint density at radius 3 is 2.67 bits per heavy atom. The summed E-state index contributed by atoms with van der Waals surface area (Å²) in [5, 5.41) is 0. The van der Waals surface area contributed by atoms with Crippen LogP contribution in [0.1, 0.15) is 19.5 Å². The highest BCUT2D eigenvalue weighted by Gasteiger charge is 2.15. The van der Waals surface area contributed by atoms with Crippen LogP contribution in [0.15, 0.2) is 30.5 Å². The molecule has 1 amide bonds. The fourth-order valence-electron chi connectivity index (χ4n) is 2.40. The highest BCUT2D eigenvalue weighted by atomic mass is 16.2. The van der Waals surface area contributed by atoms with Crippen molar-refractivity contribution in [1.82, 2.24) is 14.5 Å². The molecule has 0 unspecified atom stereocenters. The van der Waals surface area contributed by atoms with Crippen LogP contribution in [0.4, 0.5) is 5.69 Å². The summed E-state index contributed by atoms with van der Waals surface area (Å²) in [7, 11) is 0. The van der Waals surface area contributed by atoms with Crippen molar-refractivity contribution < 1.29 is 4.79 Å². The average Bonchev–Trinajstić information content (AvgIpc) is 2.81. The molecule has 0 saturated carbocycles. The van der Waals surface area contributed by atoms with Crippen LogP contribution in [0.25, 0.3) is 11.4 Å². The van der Waals surface area contributed by atoms with Crippen LogP contribution in [0.2, 0.25) is 0 Å². The molecule has 1 aromatic carbocycles. The molecule has 2 N–H and O–H groups in total. The molecule has 5 nitrogen and oxygen atoms in total. The Morgan fingerprint density at radius 1 is 1.33 bits per heavy atom. The maximum absolute atomic E-state index is 12.3. The number of hydrogen-bond acceptors (Lipinski definition) is 3. The number of amides is 1. The third kappa shape index (κ3) is 3.42. The molecule has 0 fully saturated rings. The molecule has 0 spiro atoms. The highest BCUT2D eigenvalue weighted by Crippen LogP contribution is 2.21. The third-order valence-corrected chi connectivity index (χ3v) is 3.46. The van der Waals surface area contributed by atoms with Gasteiger partial charge in [0.2, 0.25) is 5.91 Å². The lowest BCUT2D eigenvalue weighted by molar-refractivity contribution is -0.131. The van der Waals surface area contributed by atoms with E-state index in [0.29, 0.717) is 12.2 Å². The molecule has 0 radical (unpaired) electrons. The molecule has 2 rings (SSSR count). The van der Waals surface area contributed by atoms with Crippen molar-refractivity contribution in [3.63, 3.8) is 0 Å². The molecule has 112 valence electrons. The van der Waals surface area contributed by atoms with Gasteiger partial charge in [-0.2, -0.15) is 0 Å². The molecule has 1 aromatic heterocycles. The Bertz CT molecular complexity index is 629. The average molecular weight is 286 g/mol. The lowest BCUT2D eigenvalue weighted by Gasteiger charge is -2.19. The Morgan fingerprint density at radius 2 is 2.05 bits per heavy atom. The number of benzene rings is 1. The van der Waals surface area contributed by atoms with Crippen LogP contribution in [-0.2, 0) is 11.3 Å². The van der Waals surface area contributed by atoms with Gasteiger partial charge in [-0.3, -0.25) is 4.79 Å². The summed E-state index contributed by atoms with van der Waals surface area (Å²) in [6.07, 6.45) is 1.90. The highest BCUT2D eigenvalue weighted by molar-refractivity contribution is 5.77. The van der Waals surface area contributed by atoms with Gasteiger partial charge in [0.05, 0.1) is 5.69 Å². The Labute approximate surface area is 125 Å². The maximum Gasteiger partial charge on any atom is 0.242 e. The zero-order valence-electron chi connectivity index (χ0n) is 12.8. The van der Waals surface area contributed by atoms with E-state index in [9.17, 15) is 4.79 Å². The summed E-state index contributed by atoms with van der Waals surface area (Å²) in [6, 6.07) is 7.56. The number of nitrogens with two attached hydrogens (primary N) is 1. The van der Waals surface area contributed by atoms with Crippen molar-refractivity contribution in [2.24, 2.45) is 0 Å². The SMILES string of the molecule is CCN(CC)C(=O)Cn1cc(C)nc1-c1cccc(N)c1. The second kappa shape index (κ2) is 6.43. The minimum atomic E-state index is 0.0996. The largest absolute Gasteiger partial charge is 0.399 e. The number of likely N-dealkylation sites (N-methyl/N-ethyl adjacent to an activating group) is 1.